The predicted octanol–water partition coefficient (Wildman–Crippen LogP) is 8.77. The zero-order valence-corrected chi connectivity index (χ0v) is 22.1. The summed E-state index contributed by atoms with van der Waals surface area (Å²) in [6.07, 6.45) is 29.1. The Morgan fingerprint density at radius 2 is 0.758 bits per heavy atom. The second-order valence-corrected chi connectivity index (χ2v) is 14.1. The van der Waals surface area contributed by atoms with E-state index in [9.17, 15) is 8.76 Å². The molecule has 0 radical (unpaired) electrons. The van der Waals surface area contributed by atoms with Crippen LogP contribution in [0.3, 0.4) is 0 Å². The van der Waals surface area contributed by atoms with Crippen molar-refractivity contribution in [2.24, 2.45) is 47.3 Å². The highest BCUT2D eigenvalue weighted by Gasteiger charge is 2.55. The monoisotopic (exact) mass is 476 g/mol. The van der Waals surface area contributed by atoms with E-state index in [1.54, 1.807) is 0 Å². The van der Waals surface area contributed by atoms with E-state index in [4.69, 9.17) is 0 Å². The topological polar surface area (TPSA) is 37.3 Å². The number of hydrogen-bond donors (Lipinski definition) is 1. The molecule has 0 heterocycles. The van der Waals surface area contributed by atoms with Crippen molar-refractivity contribution in [1.82, 2.24) is 0 Å². The van der Waals surface area contributed by atoms with Gasteiger partial charge in [-0.15, -0.1) is 0 Å². The van der Waals surface area contributed by atoms with Crippen LogP contribution >= 0.6 is 0 Å². The van der Waals surface area contributed by atoms with Crippen LogP contribution in [0, 0.1) is 47.3 Å². The first kappa shape index (κ1) is 24.8. The standard InChI is InChI=1S/C30H52O2S/c31-33(32)30-28(24-17-9-3-10-18-24)26(22-13-5-1-6-14-22)21-27(23-15-7-2-8-16-23)29(30)25-19-11-4-12-20-25/h22-30H,1-21H2,(H,31,32). The van der Waals surface area contributed by atoms with Gasteiger partial charge in [0.25, 0.3) is 0 Å². The molecule has 33 heavy (non-hydrogen) atoms. The van der Waals surface area contributed by atoms with Gasteiger partial charge in [0, 0.05) is 0 Å². The number of rotatable bonds is 5. The van der Waals surface area contributed by atoms with Crippen molar-refractivity contribution >= 4 is 11.1 Å². The highest BCUT2D eigenvalue weighted by atomic mass is 32.2. The second kappa shape index (κ2) is 11.9. The van der Waals surface area contributed by atoms with Crippen LogP contribution in [0.25, 0.3) is 0 Å². The van der Waals surface area contributed by atoms with Crippen molar-refractivity contribution in [2.45, 2.75) is 140 Å². The van der Waals surface area contributed by atoms with Crippen LogP contribution in [-0.2, 0) is 11.1 Å². The van der Waals surface area contributed by atoms with Crippen LogP contribution in [0.1, 0.15) is 135 Å². The lowest BCUT2D eigenvalue weighted by atomic mass is 9.51. The maximum Gasteiger partial charge on any atom is 0.156 e. The molecule has 5 atom stereocenters. The van der Waals surface area contributed by atoms with E-state index in [1.165, 1.54) is 135 Å². The summed E-state index contributed by atoms with van der Waals surface area (Å²) < 4.78 is 24.5. The summed E-state index contributed by atoms with van der Waals surface area (Å²) in [6, 6.07) is 0. The van der Waals surface area contributed by atoms with Gasteiger partial charge >= 0.3 is 0 Å². The molecule has 0 aromatic rings. The van der Waals surface area contributed by atoms with Crippen molar-refractivity contribution in [3.8, 4) is 0 Å². The molecular formula is C30H52O2S. The molecule has 0 spiro atoms. The lowest BCUT2D eigenvalue weighted by Crippen LogP contribution is -2.55. The Morgan fingerprint density at radius 3 is 1.06 bits per heavy atom. The number of hydrogen-bond acceptors (Lipinski definition) is 1. The first-order valence-corrected chi connectivity index (χ1v) is 16.5. The van der Waals surface area contributed by atoms with E-state index in [-0.39, 0.29) is 5.25 Å². The van der Waals surface area contributed by atoms with Crippen LogP contribution in [0.15, 0.2) is 0 Å². The van der Waals surface area contributed by atoms with Gasteiger partial charge in [0.2, 0.25) is 0 Å². The fourth-order valence-corrected chi connectivity index (χ4v) is 11.4. The first-order valence-electron chi connectivity index (χ1n) is 15.3. The van der Waals surface area contributed by atoms with Crippen LogP contribution in [0.5, 0.6) is 0 Å². The average Bonchev–Trinajstić information content (AvgIpc) is 2.89. The fraction of sp³-hybridized carbons (Fsp3) is 1.00. The van der Waals surface area contributed by atoms with E-state index in [0.29, 0.717) is 11.8 Å². The molecule has 3 heteroatoms. The Balaban J connectivity index is 1.52. The molecule has 0 amide bonds. The Hall–Kier alpha value is 0.110. The largest absolute Gasteiger partial charge is 0.306 e. The molecule has 5 rings (SSSR count). The normalized spacial score (nSPS) is 40.0. The Morgan fingerprint density at radius 1 is 0.455 bits per heavy atom. The highest BCUT2D eigenvalue weighted by Crippen LogP contribution is 2.58. The molecule has 190 valence electrons. The maximum atomic E-state index is 13.4. The van der Waals surface area contributed by atoms with Crippen molar-refractivity contribution in [3.05, 3.63) is 0 Å². The van der Waals surface area contributed by atoms with Gasteiger partial charge in [-0.3, -0.25) is 0 Å². The summed E-state index contributed by atoms with van der Waals surface area (Å²) >= 11 is -1.67. The van der Waals surface area contributed by atoms with Crippen LogP contribution in [0.2, 0.25) is 0 Å². The summed E-state index contributed by atoms with van der Waals surface area (Å²) in [5, 5.41) is 0.0730. The van der Waals surface area contributed by atoms with E-state index in [2.05, 4.69) is 0 Å². The molecule has 5 unspecified atom stereocenters. The summed E-state index contributed by atoms with van der Waals surface area (Å²) in [6.45, 7) is 0. The third-order valence-corrected chi connectivity index (χ3v) is 12.5. The highest BCUT2D eigenvalue weighted by molar-refractivity contribution is 7.79. The second-order valence-electron chi connectivity index (χ2n) is 13.1. The summed E-state index contributed by atoms with van der Waals surface area (Å²) in [5.41, 5.74) is 0. The van der Waals surface area contributed by atoms with Crippen molar-refractivity contribution in [2.75, 3.05) is 0 Å². The Bertz CT molecular complexity index is 565. The summed E-state index contributed by atoms with van der Waals surface area (Å²) in [4.78, 5) is 0. The van der Waals surface area contributed by atoms with Gasteiger partial charge in [0.15, 0.2) is 11.1 Å². The maximum absolute atomic E-state index is 13.4. The molecule has 5 fully saturated rings. The van der Waals surface area contributed by atoms with Gasteiger partial charge in [0.1, 0.15) is 0 Å². The molecule has 1 N–H and O–H groups in total. The van der Waals surface area contributed by atoms with Gasteiger partial charge in [-0.25, -0.2) is 4.21 Å². The molecule has 0 saturated heterocycles. The first-order chi connectivity index (χ1) is 16.2. The quantitative estimate of drug-likeness (QED) is 0.403. The zero-order valence-electron chi connectivity index (χ0n) is 21.3. The van der Waals surface area contributed by atoms with Crippen LogP contribution in [-0.4, -0.2) is 14.0 Å². The minimum Gasteiger partial charge on any atom is -0.306 e. The van der Waals surface area contributed by atoms with E-state index < -0.39 is 11.1 Å². The smallest absolute Gasteiger partial charge is 0.156 e. The molecule has 0 aliphatic heterocycles. The van der Waals surface area contributed by atoms with Gasteiger partial charge in [-0.1, -0.05) is 128 Å². The molecule has 2 nitrogen and oxygen atoms in total. The average molecular weight is 477 g/mol. The minimum atomic E-state index is -1.67. The predicted molar refractivity (Wildman–Crippen MR) is 139 cm³/mol. The van der Waals surface area contributed by atoms with E-state index >= 15 is 0 Å². The Labute approximate surface area is 207 Å². The van der Waals surface area contributed by atoms with Crippen molar-refractivity contribution < 1.29 is 8.76 Å². The Kier molecular flexibility index (Phi) is 8.94. The van der Waals surface area contributed by atoms with Gasteiger partial charge in [0.05, 0.1) is 5.25 Å². The van der Waals surface area contributed by atoms with Crippen LogP contribution < -0.4 is 0 Å². The third kappa shape index (κ3) is 5.60. The molecule has 0 aromatic carbocycles. The van der Waals surface area contributed by atoms with E-state index in [0.717, 1.165) is 35.5 Å². The molecule has 5 aliphatic rings. The van der Waals surface area contributed by atoms with Gasteiger partial charge < -0.3 is 4.55 Å². The fourth-order valence-electron chi connectivity index (χ4n) is 10.1. The minimum absolute atomic E-state index is 0.0730. The lowest BCUT2D eigenvalue weighted by molar-refractivity contribution is -0.0342. The SMILES string of the molecule is O=S(O)C1C(C2CCCCC2)C(C2CCCCC2)CC(C2CCCCC2)C1C1CCCCC1. The molecule has 0 bridgehead atoms. The third-order valence-electron chi connectivity index (χ3n) is 11.4. The summed E-state index contributed by atoms with van der Waals surface area (Å²) in [7, 11) is 0. The van der Waals surface area contributed by atoms with Gasteiger partial charge in [-0.2, -0.15) is 0 Å². The lowest BCUT2D eigenvalue weighted by Gasteiger charge is -2.56. The molecule has 5 saturated carbocycles. The molecular weight excluding hydrogens is 424 g/mol. The molecule has 5 aliphatic carbocycles. The zero-order chi connectivity index (χ0) is 22.6. The van der Waals surface area contributed by atoms with Crippen molar-refractivity contribution in [3.63, 3.8) is 0 Å². The van der Waals surface area contributed by atoms with Gasteiger partial charge in [-0.05, 0) is 53.8 Å². The van der Waals surface area contributed by atoms with Crippen LogP contribution in [0.4, 0.5) is 0 Å². The van der Waals surface area contributed by atoms with E-state index in [1.807, 2.05) is 0 Å². The summed E-state index contributed by atoms with van der Waals surface area (Å²) in [5.74, 6) is 5.68. The molecule has 0 aromatic heterocycles. The van der Waals surface area contributed by atoms with Crippen molar-refractivity contribution in [1.29, 1.82) is 0 Å².